The summed E-state index contributed by atoms with van der Waals surface area (Å²) < 4.78 is 5.24. The number of hydrogen-bond donors (Lipinski definition) is 3. The van der Waals surface area contributed by atoms with Crippen LogP contribution in [0.25, 0.3) is 0 Å². The van der Waals surface area contributed by atoms with Crippen LogP contribution < -0.4 is 5.73 Å². The zero-order chi connectivity index (χ0) is 14.5. The highest BCUT2D eigenvalue weighted by molar-refractivity contribution is 5.82. The van der Waals surface area contributed by atoms with Crippen LogP contribution in [0.5, 0.6) is 5.75 Å². The van der Waals surface area contributed by atoms with Gasteiger partial charge in [-0.05, 0) is 24.1 Å². The van der Waals surface area contributed by atoms with Crippen molar-refractivity contribution in [2.45, 2.75) is 18.5 Å². The van der Waals surface area contributed by atoms with E-state index in [-0.39, 0.29) is 24.3 Å². The molecule has 0 radical (unpaired) electrons. The lowest BCUT2D eigenvalue weighted by Crippen LogP contribution is -2.55. The molecule has 1 aliphatic rings. The zero-order valence-corrected chi connectivity index (χ0v) is 11.2. The van der Waals surface area contributed by atoms with Gasteiger partial charge in [-0.2, -0.15) is 0 Å². The van der Waals surface area contributed by atoms with Gasteiger partial charge in [-0.1, -0.05) is 12.1 Å². The van der Waals surface area contributed by atoms with E-state index in [1.54, 1.807) is 29.2 Å². The van der Waals surface area contributed by atoms with Crippen molar-refractivity contribution >= 4 is 5.91 Å². The third-order valence-corrected chi connectivity index (χ3v) is 3.43. The van der Waals surface area contributed by atoms with Gasteiger partial charge < -0.3 is 25.6 Å². The number of rotatable bonds is 4. The normalized spacial score (nSPS) is 20.7. The monoisotopic (exact) mass is 280 g/mol. The molecule has 6 heteroatoms. The quantitative estimate of drug-likeness (QED) is 0.690. The summed E-state index contributed by atoms with van der Waals surface area (Å²) in [5.74, 6) is 0.00240. The van der Waals surface area contributed by atoms with E-state index in [2.05, 4.69) is 0 Å². The lowest BCUT2D eigenvalue weighted by Gasteiger charge is -2.36. The molecule has 1 aromatic rings. The molecule has 0 spiro atoms. The van der Waals surface area contributed by atoms with Gasteiger partial charge in [-0.15, -0.1) is 0 Å². The van der Waals surface area contributed by atoms with Crippen molar-refractivity contribution in [1.82, 2.24) is 4.90 Å². The van der Waals surface area contributed by atoms with Crippen molar-refractivity contribution in [3.8, 4) is 5.75 Å². The van der Waals surface area contributed by atoms with Gasteiger partial charge in [0.05, 0.1) is 31.9 Å². The number of amides is 1. The number of aliphatic hydroxyl groups is 1. The number of carbonyl (C=O) groups is 1. The molecule has 1 unspecified atom stereocenters. The van der Waals surface area contributed by atoms with Crippen molar-refractivity contribution in [3.05, 3.63) is 29.8 Å². The number of aliphatic hydroxyl groups excluding tert-OH is 1. The first kappa shape index (κ1) is 14.8. The Kier molecular flexibility index (Phi) is 4.94. The Morgan fingerprint density at radius 1 is 1.45 bits per heavy atom. The number of nitrogens with two attached hydrogens (primary N) is 1. The van der Waals surface area contributed by atoms with Crippen molar-refractivity contribution in [3.63, 3.8) is 0 Å². The fraction of sp³-hybridized carbons (Fsp3) is 0.500. The van der Waals surface area contributed by atoms with Gasteiger partial charge in [0, 0.05) is 6.54 Å². The Hall–Kier alpha value is -1.63. The van der Waals surface area contributed by atoms with Crippen LogP contribution in [-0.4, -0.2) is 59.5 Å². The average Bonchev–Trinajstić information content (AvgIpc) is 2.48. The van der Waals surface area contributed by atoms with E-state index in [4.69, 9.17) is 10.5 Å². The van der Waals surface area contributed by atoms with Crippen LogP contribution in [0, 0.1) is 0 Å². The first-order valence-electron chi connectivity index (χ1n) is 6.64. The zero-order valence-electron chi connectivity index (χ0n) is 11.2. The van der Waals surface area contributed by atoms with Crippen LogP contribution in [0.1, 0.15) is 5.56 Å². The molecule has 1 aliphatic heterocycles. The summed E-state index contributed by atoms with van der Waals surface area (Å²) in [7, 11) is 0. The van der Waals surface area contributed by atoms with Gasteiger partial charge in [0.25, 0.3) is 0 Å². The highest BCUT2D eigenvalue weighted by Crippen LogP contribution is 2.13. The summed E-state index contributed by atoms with van der Waals surface area (Å²) in [6.07, 6.45) is 0.397. The summed E-state index contributed by atoms with van der Waals surface area (Å²) >= 11 is 0. The predicted octanol–water partition coefficient (Wildman–Crippen LogP) is -0.518. The largest absolute Gasteiger partial charge is 0.508 e. The second-order valence-electron chi connectivity index (χ2n) is 4.92. The molecule has 1 fully saturated rings. The van der Waals surface area contributed by atoms with Crippen LogP contribution in [0.2, 0.25) is 0 Å². The molecule has 0 bridgehead atoms. The van der Waals surface area contributed by atoms with Crippen LogP contribution in [0.3, 0.4) is 0 Å². The van der Waals surface area contributed by atoms with Crippen molar-refractivity contribution in [2.75, 3.05) is 26.4 Å². The standard InChI is InChI=1S/C14H20N2O4/c15-13(7-10-1-3-12(18)4-2-10)14(19)16-5-6-20-9-11(16)8-17/h1-4,11,13,17-18H,5-9,15H2/t11?,13-/m0/s1. The van der Waals surface area contributed by atoms with E-state index in [1.165, 1.54) is 0 Å². The minimum absolute atomic E-state index is 0.127. The number of morpholine rings is 1. The van der Waals surface area contributed by atoms with Crippen LogP contribution >= 0.6 is 0 Å². The Labute approximate surface area is 117 Å². The molecule has 2 rings (SSSR count). The first-order valence-corrected chi connectivity index (χ1v) is 6.64. The van der Waals surface area contributed by atoms with Gasteiger partial charge in [-0.25, -0.2) is 0 Å². The summed E-state index contributed by atoms with van der Waals surface area (Å²) in [6.45, 7) is 1.13. The van der Waals surface area contributed by atoms with E-state index in [0.717, 1.165) is 5.56 Å². The predicted molar refractivity (Wildman–Crippen MR) is 73.2 cm³/mol. The lowest BCUT2D eigenvalue weighted by molar-refractivity contribution is -0.143. The maximum Gasteiger partial charge on any atom is 0.240 e. The fourth-order valence-electron chi connectivity index (χ4n) is 2.28. The lowest BCUT2D eigenvalue weighted by atomic mass is 10.0. The molecule has 4 N–H and O–H groups in total. The van der Waals surface area contributed by atoms with E-state index in [1.807, 2.05) is 0 Å². The smallest absolute Gasteiger partial charge is 0.240 e. The molecular weight excluding hydrogens is 260 g/mol. The number of hydrogen-bond acceptors (Lipinski definition) is 5. The van der Waals surface area contributed by atoms with Gasteiger partial charge in [0.1, 0.15) is 5.75 Å². The molecule has 2 atom stereocenters. The van der Waals surface area contributed by atoms with E-state index in [9.17, 15) is 15.0 Å². The van der Waals surface area contributed by atoms with E-state index in [0.29, 0.717) is 26.2 Å². The molecule has 1 saturated heterocycles. The van der Waals surface area contributed by atoms with Gasteiger partial charge >= 0.3 is 0 Å². The van der Waals surface area contributed by atoms with Gasteiger partial charge in [-0.3, -0.25) is 4.79 Å². The second-order valence-corrected chi connectivity index (χ2v) is 4.92. The number of nitrogens with zero attached hydrogens (tertiary/aromatic N) is 1. The SMILES string of the molecule is N[C@@H](Cc1ccc(O)cc1)C(=O)N1CCOCC1CO. The van der Waals surface area contributed by atoms with Crippen molar-refractivity contribution in [2.24, 2.45) is 5.73 Å². The number of ether oxygens (including phenoxy) is 1. The summed E-state index contributed by atoms with van der Waals surface area (Å²) in [5.41, 5.74) is 6.85. The molecule has 1 aromatic carbocycles. The Bertz CT molecular complexity index is 449. The number of phenols is 1. The molecule has 6 nitrogen and oxygen atoms in total. The summed E-state index contributed by atoms with van der Waals surface area (Å²) in [6, 6.07) is 5.64. The molecule has 110 valence electrons. The molecule has 0 aliphatic carbocycles. The maximum atomic E-state index is 12.3. The van der Waals surface area contributed by atoms with Gasteiger partial charge in [0.2, 0.25) is 5.91 Å². The molecule has 0 saturated carbocycles. The second kappa shape index (κ2) is 6.69. The fourth-order valence-corrected chi connectivity index (χ4v) is 2.28. The van der Waals surface area contributed by atoms with Crippen LogP contribution in [0.4, 0.5) is 0 Å². The molecule has 1 heterocycles. The molecular formula is C14H20N2O4. The minimum Gasteiger partial charge on any atom is -0.508 e. The third kappa shape index (κ3) is 3.47. The average molecular weight is 280 g/mol. The number of aromatic hydroxyl groups is 1. The maximum absolute atomic E-state index is 12.3. The van der Waals surface area contributed by atoms with Crippen molar-refractivity contribution < 1.29 is 19.7 Å². The molecule has 1 amide bonds. The van der Waals surface area contributed by atoms with Crippen LogP contribution in [-0.2, 0) is 16.0 Å². The highest BCUT2D eigenvalue weighted by Gasteiger charge is 2.29. The van der Waals surface area contributed by atoms with E-state index >= 15 is 0 Å². The Balaban J connectivity index is 1.98. The van der Waals surface area contributed by atoms with Crippen LogP contribution in [0.15, 0.2) is 24.3 Å². The number of benzene rings is 1. The Morgan fingerprint density at radius 2 is 2.15 bits per heavy atom. The summed E-state index contributed by atoms with van der Waals surface area (Å²) in [4.78, 5) is 13.9. The minimum atomic E-state index is -0.660. The Morgan fingerprint density at radius 3 is 2.80 bits per heavy atom. The first-order chi connectivity index (χ1) is 9.61. The number of phenolic OH excluding ortho intramolecular Hbond substituents is 1. The van der Waals surface area contributed by atoms with E-state index < -0.39 is 6.04 Å². The topological polar surface area (TPSA) is 96.0 Å². The number of carbonyl (C=O) groups excluding carboxylic acids is 1. The van der Waals surface area contributed by atoms with Crippen molar-refractivity contribution in [1.29, 1.82) is 0 Å². The molecule has 20 heavy (non-hydrogen) atoms. The third-order valence-electron chi connectivity index (χ3n) is 3.43. The highest BCUT2D eigenvalue weighted by atomic mass is 16.5. The summed E-state index contributed by atoms with van der Waals surface area (Å²) in [5, 5.41) is 18.5. The van der Waals surface area contributed by atoms with Gasteiger partial charge in [0.15, 0.2) is 0 Å². The molecule has 0 aromatic heterocycles.